The number of thioether (sulfide) groups is 2. The van der Waals surface area contributed by atoms with E-state index in [1.54, 1.807) is 60.7 Å². The predicted molar refractivity (Wildman–Crippen MR) is 276 cm³/mol. The lowest BCUT2D eigenvalue weighted by molar-refractivity contribution is -0.145. The summed E-state index contributed by atoms with van der Waals surface area (Å²) in [5, 5.41) is 2.10. The van der Waals surface area contributed by atoms with Gasteiger partial charge in [-0.1, -0.05) is 49.0 Å². The molecule has 5 heterocycles. The molecule has 7 aromatic rings. The Morgan fingerprint density at radius 3 is 1.51 bits per heavy atom. The first kappa shape index (κ1) is 53.9. The fourth-order valence-electron chi connectivity index (χ4n) is 7.38. The Hall–Kier alpha value is -6.00. The van der Waals surface area contributed by atoms with Crippen LogP contribution in [0.3, 0.4) is 0 Å². The molecule has 0 saturated carbocycles. The zero-order valence-corrected chi connectivity index (χ0v) is 43.2. The van der Waals surface area contributed by atoms with Crippen molar-refractivity contribution in [2.24, 2.45) is 14.1 Å². The highest BCUT2D eigenvalue weighted by molar-refractivity contribution is 8.01. The minimum Gasteiger partial charge on any atom is -0.487 e. The van der Waals surface area contributed by atoms with Crippen molar-refractivity contribution in [1.29, 1.82) is 0 Å². The number of aromatic nitrogens is 8. The van der Waals surface area contributed by atoms with E-state index >= 15 is 0 Å². The van der Waals surface area contributed by atoms with Crippen molar-refractivity contribution in [3.8, 4) is 11.5 Å². The first-order valence-electron chi connectivity index (χ1n) is 22.8. The van der Waals surface area contributed by atoms with Gasteiger partial charge >= 0.3 is 11.9 Å². The number of hydrogen-bond donors (Lipinski definition) is 0. The molecule has 16 heteroatoms. The van der Waals surface area contributed by atoms with Gasteiger partial charge in [-0.05, 0) is 71.0 Å². The highest BCUT2D eigenvalue weighted by Crippen LogP contribution is 2.45. The summed E-state index contributed by atoms with van der Waals surface area (Å²) >= 11 is 3.49. The van der Waals surface area contributed by atoms with Gasteiger partial charge in [-0.2, -0.15) is 0 Å². The quantitative estimate of drug-likeness (QED) is 0.0665. The summed E-state index contributed by atoms with van der Waals surface area (Å²) in [5.74, 6) is 0.458. The van der Waals surface area contributed by atoms with Crippen LogP contribution in [0.5, 0.6) is 11.5 Å². The normalized spacial score (nSPS) is 12.0. The van der Waals surface area contributed by atoms with Crippen molar-refractivity contribution in [1.82, 2.24) is 39.0 Å². The molecule has 0 aliphatic carbocycles. The second kappa shape index (κ2) is 23.5. The van der Waals surface area contributed by atoms with Gasteiger partial charge < -0.3 is 28.1 Å². The molecular formula is C53H68N8O6S2. The summed E-state index contributed by atoms with van der Waals surface area (Å²) in [6.07, 6.45) is 11.0. The second-order valence-electron chi connectivity index (χ2n) is 18.4. The number of hydrogen-bond acceptors (Lipinski definition) is 14. The average molecular weight is 977 g/mol. The van der Waals surface area contributed by atoms with Gasteiger partial charge in [0, 0.05) is 97.8 Å². The lowest BCUT2D eigenvalue weighted by Gasteiger charge is -2.22. The molecule has 14 nitrogen and oxygen atoms in total. The molecule has 7 rings (SSSR count). The van der Waals surface area contributed by atoms with Crippen LogP contribution in [0.15, 0.2) is 83.4 Å². The summed E-state index contributed by atoms with van der Waals surface area (Å²) in [7, 11) is 3.99. The molecule has 0 bridgehead atoms. The van der Waals surface area contributed by atoms with E-state index in [1.165, 1.54) is 0 Å². The molecule has 0 saturated heterocycles. The molecule has 0 N–H and O–H groups in total. The minimum absolute atomic E-state index is 0. The molecule has 0 spiro atoms. The van der Waals surface area contributed by atoms with Crippen LogP contribution in [0.2, 0.25) is 0 Å². The minimum atomic E-state index is -0.540. The maximum atomic E-state index is 13.4. The van der Waals surface area contributed by atoms with Gasteiger partial charge in [0.25, 0.3) is 0 Å². The lowest BCUT2D eigenvalue weighted by atomic mass is 9.99. The highest BCUT2D eigenvalue weighted by Gasteiger charge is 2.33. The molecule has 5 aromatic heterocycles. The summed E-state index contributed by atoms with van der Waals surface area (Å²) in [6.45, 7) is 23.7. The van der Waals surface area contributed by atoms with E-state index in [9.17, 15) is 9.59 Å². The van der Waals surface area contributed by atoms with Crippen LogP contribution in [0, 0.1) is 20.8 Å². The molecule has 1 unspecified atom stereocenters. The topological polar surface area (TPSA) is 158 Å². The third-order valence-electron chi connectivity index (χ3n) is 10.4. The van der Waals surface area contributed by atoms with Gasteiger partial charge in [0.05, 0.1) is 66.2 Å². The smallest absolute Gasteiger partial charge is 0.315 e. The van der Waals surface area contributed by atoms with Crippen LogP contribution in [0.4, 0.5) is 0 Å². The highest BCUT2D eigenvalue weighted by atomic mass is 32.2. The van der Waals surface area contributed by atoms with Crippen molar-refractivity contribution < 1.29 is 28.5 Å². The van der Waals surface area contributed by atoms with Crippen LogP contribution in [0.25, 0.3) is 21.8 Å². The van der Waals surface area contributed by atoms with Gasteiger partial charge in [-0.15, -0.1) is 23.5 Å². The monoisotopic (exact) mass is 976 g/mol. The SMILES string of the molecule is C.CCOC(=O)C(Cc1cnc(C)cn1)c1c(SC(C)(C)C)c2cc(OCc3cnc(C)cn3)ccc2n1C.CCOC(=O)Cc1c(SC(C)(C)C)c2cc(OCc3cnc(C)cn3)ccc2n1C. The third-order valence-corrected chi connectivity index (χ3v) is 13.0. The van der Waals surface area contributed by atoms with Crippen LogP contribution in [-0.2, 0) is 59.2 Å². The molecule has 0 aliphatic heterocycles. The Morgan fingerprint density at radius 1 is 0.609 bits per heavy atom. The first-order chi connectivity index (χ1) is 32.2. The van der Waals surface area contributed by atoms with Crippen molar-refractivity contribution in [3.05, 3.63) is 119 Å². The van der Waals surface area contributed by atoms with Crippen LogP contribution >= 0.6 is 23.5 Å². The molecule has 0 amide bonds. The Balaban J connectivity index is 0.000000261. The van der Waals surface area contributed by atoms with E-state index in [1.807, 2.05) is 85.1 Å². The van der Waals surface area contributed by atoms with Crippen LogP contribution in [0.1, 0.15) is 114 Å². The van der Waals surface area contributed by atoms with Crippen molar-refractivity contribution >= 4 is 57.3 Å². The lowest BCUT2D eigenvalue weighted by Crippen LogP contribution is -2.22. The summed E-state index contributed by atoms with van der Waals surface area (Å²) in [6, 6.07) is 12.1. The number of esters is 2. The number of nitrogens with zero attached hydrogens (tertiary/aromatic N) is 8. The zero-order valence-electron chi connectivity index (χ0n) is 41.6. The molecule has 368 valence electrons. The van der Waals surface area contributed by atoms with E-state index in [2.05, 4.69) is 80.6 Å². The first-order valence-corrected chi connectivity index (χ1v) is 24.4. The second-order valence-corrected chi connectivity index (χ2v) is 22.1. The molecule has 0 radical (unpaired) electrons. The standard InChI is InChI=1S/C29H35N5O3S.C23H29N3O3S.CH4/c1-8-36-28(35)24(11-20-15-30-18(2)13-32-20)26-27(38-29(4,5)6)23-12-22(9-10-25(23)34(26)7)37-17-21-16-31-19(3)14-33-21;1-7-28-21(27)11-20-22(30-23(3,4)5)18-10-17(8-9-19(18)26(20)6)29-14-16-13-24-15(2)12-25-16;/h9-10,12-16,24H,8,11,17H2,1-7H3;8-10,12-13H,7,11,14H2,1-6H3;1H4. The van der Waals surface area contributed by atoms with Gasteiger partial charge in [0.15, 0.2) is 0 Å². The van der Waals surface area contributed by atoms with Crippen molar-refractivity contribution in [2.45, 2.75) is 135 Å². The molecular weight excluding hydrogens is 909 g/mol. The Morgan fingerprint density at radius 2 is 1.06 bits per heavy atom. The Labute approximate surface area is 415 Å². The average Bonchev–Trinajstić information content (AvgIpc) is 3.68. The van der Waals surface area contributed by atoms with Gasteiger partial charge in [0.1, 0.15) is 30.6 Å². The number of carbonyl (C=O) groups excluding carboxylic acids is 2. The summed E-state index contributed by atoms with van der Waals surface area (Å²) in [5.41, 5.74) is 8.80. The molecule has 1 atom stereocenters. The van der Waals surface area contributed by atoms with E-state index in [4.69, 9.17) is 18.9 Å². The Kier molecular flexibility index (Phi) is 18.4. The number of rotatable bonds is 16. The Bertz CT molecular complexity index is 2830. The summed E-state index contributed by atoms with van der Waals surface area (Å²) < 4.78 is 26.9. The number of fused-ring (bicyclic) bond motifs is 2. The molecule has 69 heavy (non-hydrogen) atoms. The maximum absolute atomic E-state index is 13.4. The number of ether oxygens (including phenoxy) is 4. The van der Waals surface area contributed by atoms with Gasteiger partial charge in [0.2, 0.25) is 0 Å². The van der Waals surface area contributed by atoms with E-state index in [-0.39, 0.29) is 35.3 Å². The van der Waals surface area contributed by atoms with E-state index < -0.39 is 5.92 Å². The predicted octanol–water partition coefficient (Wildman–Crippen LogP) is 11.2. The molecule has 0 aliphatic rings. The zero-order chi connectivity index (χ0) is 49.3. The summed E-state index contributed by atoms with van der Waals surface area (Å²) in [4.78, 5) is 53.9. The van der Waals surface area contributed by atoms with Gasteiger partial charge in [-0.3, -0.25) is 39.5 Å². The fourth-order valence-corrected chi connectivity index (χ4v) is 9.86. The van der Waals surface area contributed by atoms with E-state index in [0.29, 0.717) is 32.8 Å². The van der Waals surface area contributed by atoms with Crippen LogP contribution in [-0.4, -0.2) is 73.7 Å². The molecule has 2 aromatic carbocycles. The van der Waals surface area contributed by atoms with Gasteiger partial charge in [-0.25, -0.2) is 0 Å². The van der Waals surface area contributed by atoms with E-state index in [0.717, 1.165) is 88.6 Å². The largest absolute Gasteiger partial charge is 0.487 e. The number of benzene rings is 2. The molecule has 0 fully saturated rings. The van der Waals surface area contributed by atoms with Crippen LogP contribution < -0.4 is 9.47 Å². The maximum Gasteiger partial charge on any atom is 0.315 e. The number of carbonyl (C=O) groups is 2. The van der Waals surface area contributed by atoms with Crippen molar-refractivity contribution in [3.63, 3.8) is 0 Å². The third kappa shape index (κ3) is 14.5. The van der Waals surface area contributed by atoms with Crippen molar-refractivity contribution in [2.75, 3.05) is 13.2 Å². The number of aryl methyl sites for hydroxylation is 5. The fraction of sp³-hybridized carbons (Fsp3) is 0.434.